The maximum absolute atomic E-state index is 11.5. The van der Waals surface area contributed by atoms with Crippen LogP contribution in [0.5, 0.6) is 5.75 Å². The van der Waals surface area contributed by atoms with Gasteiger partial charge in [0.25, 0.3) is 0 Å². The van der Waals surface area contributed by atoms with Crippen LogP contribution in [0.4, 0.5) is 0 Å². The van der Waals surface area contributed by atoms with E-state index in [1.165, 1.54) is 12.1 Å². The molecule has 0 aliphatic heterocycles. The van der Waals surface area contributed by atoms with E-state index in [4.69, 9.17) is 15.8 Å². The van der Waals surface area contributed by atoms with Gasteiger partial charge in [-0.1, -0.05) is 43.5 Å². The zero-order chi connectivity index (χ0) is 12.2. The zero-order valence-corrected chi connectivity index (χ0v) is 12.8. The van der Waals surface area contributed by atoms with E-state index in [0.717, 1.165) is 0 Å². The van der Waals surface area contributed by atoms with Gasteiger partial charge >= 0.3 is 10.1 Å². The van der Waals surface area contributed by atoms with Crippen LogP contribution in [0.2, 0.25) is 5.02 Å². The van der Waals surface area contributed by atoms with E-state index in [1.54, 1.807) is 12.1 Å². The van der Waals surface area contributed by atoms with E-state index >= 15 is 0 Å². The molecule has 0 fully saturated rings. The van der Waals surface area contributed by atoms with Gasteiger partial charge in [0.05, 0.1) is 5.75 Å². The first-order valence-corrected chi connectivity index (χ1v) is 8.30. The topological polar surface area (TPSA) is 43.4 Å². The lowest BCUT2D eigenvalue weighted by Gasteiger charge is -2.09. The molecule has 0 N–H and O–H groups in total. The van der Waals surface area contributed by atoms with Crippen LogP contribution in [0.15, 0.2) is 24.3 Å². The summed E-state index contributed by atoms with van der Waals surface area (Å²) < 4.78 is 28.0. The molecule has 1 atom stereocenters. The van der Waals surface area contributed by atoms with E-state index in [-0.39, 0.29) is 16.3 Å². The second kappa shape index (κ2) is 6.23. The Balaban J connectivity index is 2.69. The molecule has 1 rings (SSSR count). The molecular formula is C9H9Br2ClO3S. The smallest absolute Gasteiger partial charge is 0.310 e. The van der Waals surface area contributed by atoms with Gasteiger partial charge in [-0.2, -0.15) is 8.42 Å². The van der Waals surface area contributed by atoms with Crippen LogP contribution in [-0.4, -0.2) is 24.3 Å². The Kier molecular flexibility index (Phi) is 5.56. The Hall–Kier alpha value is 0.220. The van der Waals surface area contributed by atoms with Crippen LogP contribution in [0, 0.1) is 0 Å². The van der Waals surface area contributed by atoms with Crippen LogP contribution < -0.4 is 4.18 Å². The minimum Gasteiger partial charge on any atom is -0.382 e. The van der Waals surface area contributed by atoms with Crippen molar-refractivity contribution >= 4 is 53.6 Å². The van der Waals surface area contributed by atoms with Crippen molar-refractivity contribution in [3.63, 3.8) is 0 Å². The van der Waals surface area contributed by atoms with Crippen LogP contribution >= 0.6 is 43.5 Å². The van der Waals surface area contributed by atoms with Gasteiger partial charge < -0.3 is 4.18 Å². The summed E-state index contributed by atoms with van der Waals surface area (Å²) in [5.74, 6) is 0.166. The van der Waals surface area contributed by atoms with Crippen molar-refractivity contribution in [3.05, 3.63) is 29.3 Å². The summed E-state index contributed by atoms with van der Waals surface area (Å²) in [4.78, 5) is -0.176. The highest BCUT2D eigenvalue weighted by Crippen LogP contribution is 2.18. The number of alkyl halides is 2. The van der Waals surface area contributed by atoms with E-state index in [0.29, 0.717) is 10.4 Å². The van der Waals surface area contributed by atoms with Crippen molar-refractivity contribution in [3.8, 4) is 5.75 Å². The number of benzene rings is 1. The van der Waals surface area contributed by atoms with Crippen molar-refractivity contribution in [2.45, 2.75) is 4.83 Å². The number of hydrogen-bond acceptors (Lipinski definition) is 3. The highest BCUT2D eigenvalue weighted by molar-refractivity contribution is 9.12. The van der Waals surface area contributed by atoms with E-state index in [2.05, 4.69) is 31.9 Å². The Morgan fingerprint density at radius 1 is 1.31 bits per heavy atom. The van der Waals surface area contributed by atoms with Gasteiger partial charge in [0, 0.05) is 15.2 Å². The molecule has 0 bridgehead atoms. The van der Waals surface area contributed by atoms with Crippen molar-refractivity contribution in [1.82, 2.24) is 0 Å². The predicted molar refractivity (Wildman–Crippen MR) is 72.4 cm³/mol. The van der Waals surface area contributed by atoms with Gasteiger partial charge in [-0.15, -0.1) is 0 Å². The molecule has 1 aromatic rings. The molecule has 90 valence electrons. The third-order valence-corrected chi connectivity index (χ3v) is 5.82. The summed E-state index contributed by atoms with van der Waals surface area (Å²) in [6.07, 6.45) is 0. The molecule has 7 heteroatoms. The minimum absolute atomic E-state index is 0.0964. The number of halogens is 3. The van der Waals surface area contributed by atoms with E-state index in [9.17, 15) is 8.42 Å². The first-order chi connectivity index (χ1) is 7.43. The summed E-state index contributed by atoms with van der Waals surface area (Å²) in [6.45, 7) is 0. The molecule has 0 aliphatic rings. The van der Waals surface area contributed by atoms with E-state index in [1.807, 2.05) is 0 Å². The molecular weight excluding hydrogens is 383 g/mol. The quantitative estimate of drug-likeness (QED) is 0.571. The minimum atomic E-state index is -3.58. The number of rotatable bonds is 5. The molecule has 0 spiro atoms. The van der Waals surface area contributed by atoms with Crippen LogP contribution in [0.25, 0.3) is 0 Å². The molecule has 0 amide bonds. The Morgan fingerprint density at radius 2 is 1.88 bits per heavy atom. The lowest BCUT2D eigenvalue weighted by Crippen LogP contribution is -2.21. The third-order valence-electron chi connectivity index (χ3n) is 1.59. The maximum Gasteiger partial charge on any atom is 0.310 e. The van der Waals surface area contributed by atoms with Crippen molar-refractivity contribution in [2.75, 3.05) is 11.1 Å². The zero-order valence-electron chi connectivity index (χ0n) is 8.07. The van der Waals surface area contributed by atoms with Crippen molar-refractivity contribution in [1.29, 1.82) is 0 Å². The highest BCUT2D eigenvalue weighted by atomic mass is 79.9. The summed E-state index contributed by atoms with van der Waals surface area (Å²) in [5.41, 5.74) is 0. The van der Waals surface area contributed by atoms with Crippen molar-refractivity contribution in [2.24, 2.45) is 0 Å². The molecule has 1 aromatic carbocycles. The fraction of sp³-hybridized carbons (Fsp3) is 0.333. The maximum atomic E-state index is 11.5. The fourth-order valence-corrected chi connectivity index (χ4v) is 3.60. The SMILES string of the molecule is O=S(=O)(CC(Br)CBr)Oc1ccc(Cl)cc1. The largest absolute Gasteiger partial charge is 0.382 e. The summed E-state index contributed by atoms with van der Waals surface area (Å²) in [5, 5.41) is 1.07. The molecule has 0 aromatic heterocycles. The number of hydrogen-bond donors (Lipinski definition) is 0. The van der Waals surface area contributed by atoms with Gasteiger partial charge in [-0.25, -0.2) is 0 Å². The fourth-order valence-electron chi connectivity index (χ4n) is 0.937. The Bertz CT molecular complexity index is 433. The summed E-state index contributed by atoms with van der Waals surface area (Å²) in [6, 6.07) is 6.17. The molecule has 0 saturated carbocycles. The molecule has 16 heavy (non-hydrogen) atoms. The standard InChI is InChI=1S/C9H9Br2ClO3S/c10-5-7(11)6-16(13,14)15-9-3-1-8(12)2-4-9/h1-4,7H,5-6H2. The lowest BCUT2D eigenvalue weighted by atomic mass is 10.3. The molecule has 3 nitrogen and oxygen atoms in total. The second-order valence-electron chi connectivity index (χ2n) is 3.01. The highest BCUT2D eigenvalue weighted by Gasteiger charge is 2.18. The average Bonchev–Trinajstić information content (AvgIpc) is 2.20. The summed E-state index contributed by atoms with van der Waals surface area (Å²) in [7, 11) is -3.58. The van der Waals surface area contributed by atoms with Crippen LogP contribution in [0.3, 0.4) is 0 Å². The van der Waals surface area contributed by atoms with Crippen LogP contribution in [-0.2, 0) is 10.1 Å². The molecule has 0 heterocycles. The summed E-state index contributed by atoms with van der Waals surface area (Å²) >= 11 is 12.1. The van der Waals surface area contributed by atoms with Gasteiger partial charge in [-0.05, 0) is 24.3 Å². The Labute approximate surface area is 117 Å². The predicted octanol–water partition coefficient (Wildman–Crippen LogP) is 3.21. The average molecular weight is 392 g/mol. The third kappa shape index (κ3) is 5.03. The first kappa shape index (κ1) is 14.3. The van der Waals surface area contributed by atoms with Crippen molar-refractivity contribution < 1.29 is 12.6 Å². The monoisotopic (exact) mass is 390 g/mol. The molecule has 0 saturated heterocycles. The molecule has 0 radical (unpaired) electrons. The lowest BCUT2D eigenvalue weighted by molar-refractivity contribution is 0.486. The van der Waals surface area contributed by atoms with Gasteiger partial charge in [0.2, 0.25) is 0 Å². The molecule has 1 unspecified atom stereocenters. The Morgan fingerprint density at radius 3 is 2.38 bits per heavy atom. The first-order valence-electron chi connectivity index (χ1n) is 4.31. The van der Waals surface area contributed by atoms with Gasteiger partial charge in [-0.3, -0.25) is 0 Å². The molecule has 0 aliphatic carbocycles. The normalized spacial score (nSPS) is 13.4. The van der Waals surface area contributed by atoms with E-state index < -0.39 is 10.1 Å². The van der Waals surface area contributed by atoms with Gasteiger partial charge in [0.1, 0.15) is 5.75 Å². The van der Waals surface area contributed by atoms with Crippen LogP contribution in [0.1, 0.15) is 0 Å². The van der Waals surface area contributed by atoms with Gasteiger partial charge in [0.15, 0.2) is 0 Å². The second-order valence-corrected chi connectivity index (χ2v) is 7.01.